The molecule has 1 aliphatic rings. The van der Waals surface area contributed by atoms with Crippen LogP contribution in [-0.2, 0) is 13.1 Å². The number of hydrogen-bond acceptors (Lipinski definition) is 4. The van der Waals surface area contributed by atoms with Crippen LogP contribution < -0.4 is 0 Å². The third-order valence-electron chi connectivity index (χ3n) is 5.08. The number of hydrogen-bond donors (Lipinski definition) is 0. The van der Waals surface area contributed by atoms with Crippen LogP contribution in [0.25, 0.3) is 0 Å². The summed E-state index contributed by atoms with van der Waals surface area (Å²) < 4.78 is 5.28. The molecule has 0 aliphatic carbocycles. The van der Waals surface area contributed by atoms with Gasteiger partial charge >= 0.3 is 0 Å². The molecule has 1 aliphatic heterocycles. The molecule has 0 radical (unpaired) electrons. The van der Waals surface area contributed by atoms with Crippen LogP contribution >= 0.6 is 0 Å². The Bertz CT molecular complexity index is 633. The van der Waals surface area contributed by atoms with Crippen molar-refractivity contribution in [3.05, 3.63) is 52.4 Å². The number of rotatable bonds is 5. The van der Waals surface area contributed by atoms with Crippen LogP contribution in [0.5, 0.6) is 0 Å². The molecule has 1 saturated heterocycles. The van der Waals surface area contributed by atoms with Crippen molar-refractivity contribution < 1.29 is 4.52 Å². The maximum Gasteiger partial charge on any atom is 0.138 e. The lowest BCUT2D eigenvalue weighted by Gasteiger charge is -2.34. The van der Waals surface area contributed by atoms with Gasteiger partial charge in [-0.3, -0.25) is 9.80 Å². The highest BCUT2D eigenvalue weighted by atomic mass is 16.5. The summed E-state index contributed by atoms with van der Waals surface area (Å²) in [6, 6.07) is 9.11. The van der Waals surface area contributed by atoms with Crippen molar-refractivity contribution in [1.29, 1.82) is 0 Å². The summed E-state index contributed by atoms with van der Waals surface area (Å²) in [6.07, 6.45) is 0. The Morgan fingerprint density at radius 1 is 0.958 bits per heavy atom. The Labute approximate surface area is 145 Å². The van der Waals surface area contributed by atoms with Gasteiger partial charge in [-0.05, 0) is 30.9 Å². The molecule has 1 aromatic heterocycles. The Morgan fingerprint density at radius 2 is 1.54 bits per heavy atom. The summed E-state index contributed by atoms with van der Waals surface area (Å²) in [5.74, 6) is 1.56. The van der Waals surface area contributed by atoms with Gasteiger partial charge in [0.05, 0.1) is 5.69 Å². The Hall–Kier alpha value is -1.65. The third kappa shape index (κ3) is 4.05. The summed E-state index contributed by atoms with van der Waals surface area (Å²) >= 11 is 0. The quantitative estimate of drug-likeness (QED) is 0.837. The molecule has 3 rings (SSSR count). The van der Waals surface area contributed by atoms with E-state index in [9.17, 15) is 0 Å². The molecule has 4 nitrogen and oxygen atoms in total. The minimum atomic E-state index is 0.604. The molecule has 0 unspecified atom stereocenters. The van der Waals surface area contributed by atoms with Gasteiger partial charge in [0.25, 0.3) is 0 Å². The van der Waals surface area contributed by atoms with E-state index in [0.717, 1.165) is 50.7 Å². The van der Waals surface area contributed by atoms with E-state index >= 15 is 0 Å². The van der Waals surface area contributed by atoms with Crippen LogP contribution in [0.2, 0.25) is 0 Å². The Kier molecular flexibility index (Phi) is 5.36. The van der Waals surface area contributed by atoms with Crippen LogP contribution in [0.3, 0.4) is 0 Å². The van der Waals surface area contributed by atoms with Crippen LogP contribution in [0.15, 0.2) is 28.8 Å². The lowest BCUT2D eigenvalue weighted by Crippen LogP contribution is -2.45. The molecule has 4 heteroatoms. The number of aryl methyl sites for hydroxylation is 2. The second kappa shape index (κ2) is 7.49. The fourth-order valence-electron chi connectivity index (χ4n) is 3.32. The second-order valence-electron chi connectivity index (χ2n) is 7.25. The first kappa shape index (κ1) is 17.2. The molecule has 1 aromatic carbocycles. The van der Waals surface area contributed by atoms with Crippen molar-refractivity contribution in [2.45, 2.75) is 46.7 Å². The van der Waals surface area contributed by atoms with Gasteiger partial charge in [-0.25, -0.2) is 0 Å². The van der Waals surface area contributed by atoms with Crippen molar-refractivity contribution in [3.8, 4) is 0 Å². The fourth-order valence-corrected chi connectivity index (χ4v) is 3.32. The first-order valence-electron chi connectivity index (χ1n) is 8.98. The molecule has 0 spiro atoms. The van der Waals surface area contributed by atoms with Crippen LogP contribution in [0.1, 0.15) is 47.9 Å². The van der Waals surface area contributed by atoms with Crippen molar-refractivity contribution in [2.75, 3.05) is 26.2 Å². The van der Waals surface area contributed by atoms with Gasteiger partial charge in [0.15, 0.2) is 0 Å². The summed E-state index contributed by atoms with van der Waals surface area (Å²) in [5, 5.41) is 4.06. The lowest BCUT2D eigenvalue weighted by atomic mass is 10.0. The third-order valence-corrected chi connectivity index (χ3v) is 5.08. The summed E-state index contributed by atoms with van der Waals surface area (Å²) in [5.41, 5.74) is 5.12. The highest BCUT2D eigenvalue weighted by Crippen LogP contribution is 2.18. The molecule has 0 amide bonds. The molecule has 1 fully saturated rings. The van der Waals surface area contributed by atoms with Crippen molar-refractivity contribution in [1.82, 2.24) is 15.0 Å². The summed E-state index contributed by atoms with van der Waals surface area (Å²) in [7, 11) is 0. The highest BCUT2D eigenvalue weighted by Gasteiger charge is 2.19. The van der Waals surface area contributed by atoms with E-state index in [-0.39, 0.29) is 0 Å². The van der Waals surface area contributed by atoms with Crippen LogP contribution in [0, 0.1) is 13.8 Å². The van der Waals surface area contributed by atoms with E-state index in [0.29, 0.717) is 5.92 Å². The first-order chi connectivity index (χ1) is 11.5. The van der Waals surface area contributed by atoms with Gasteiger partial charge in [-0.2, -0.15) is 0 Å². The van der Waals surface area contributed by atoms with E-state index in [1.54, 1.807) is 0 Å². The predicted octanol–water partition coefficient (Wildman–Crippen LogP) is 3.73. The van der Waals surface area contributed by atoms with E-state index in [4.69, 9.17) is 4.52 Å². The van der Waals surface area contributed by atoms with Crippen molar-refractivity contribution >= 4 is 0 Å². The molecule has 0 atom stereocenters. The average Bonchev–Trinajstić information content (AvgIpc) is 2.89. The topological polar surface area (TPSA) is 32.5 Å². The van der Waals surface area contributed by atoms with E-state index in [1.807, 2.05) is 13.8 Å². The Morgan fingerprint density at radius 3 is 2.04 bits per heavy atom. The van der Waals surface area contributed by atoms with Crippen LogP contribution in [-0.4, -0.2) is 41.1 Å². The number of aromatic nitrogens is 1. The molecule has 2 aromatic rings. The van der Waals surface area contributed by atoms with Crippen LogP contribution in [0.4, 0.5) is 0 Å². The molecule has 0 N–H and O–H groups in total. The smallest absolute Gasteiger partial charge is 0.138 e. The monoisotopic (exact) mass is 327 g/mol. The molecule has 24 heavy (non-hydrogen) atoms. The maximum absolute atomic E-state index is 5.28. The van der Waals surface area contributed by atoms with Crippen molar-refractivity contribution in [3.63, 3.8) is 0 Å². The maximum atomic E-state index is 5.28. The summed E-state index contributed by atoms with van der Waals surface area (Å²) in [4.78, 5) is 5.05. The van der Waals surface area contributed by atoms with Gasteiger partial charge in [-0.1, -0.05) is 43.3 Å². The van der Waals surface area contributed by atoms with Gasteiger partial charge in [-0.15, -0.1) is 0 Å². The zero-order chi connectivity index (χ0) is 17.1. The van der Waals surface area contributed by atoms with E-state index in [2.05, 4.69) is 53.1 Å². The highest BCUT2D eigenvalue weighted by molar-refractivity contribution is 5.24. The fraction of sp³-hybridized carbons (Fsp3) is 0.550. The van der Waals surface area contributed by atoms with Gasteiger partial charge in [0, 0.05) is 44.8 Å². The minimum Gasteiger partial charge on any atom is -0.361 e. The van der Waals surface area contributed by atoms with E-state index in [1.165, 1.54) is 16.7 Å². The lowest BCUT2D eigenvalue weighted by molar-refractivity contribution is 0.121. The molecule has 0 bridgehead atoms. The molecule has 0 saturated carbocycles. The first-order valence-corrected chi connectivity index (χ1v) is 8.98. The summed E-state index contributed by atoms with van der Waals surface area (Å²) in [6.45, 7) is 15.0. The minimum absolute atomic E-state index is 0.604. The van der Waals surface area contributed by atoms with Gasteiger partial charge in [0.1, 0.15) is 5.76 Å². The standard InChI is InChI=1S/C20H29N3O/c1-15(2)19-7-5-18(6-8-19)13-22-9-11-23(12-10-22)14-20-16(3)21-24-17(20)4/h5-8,15H,9-14H2,1-4H3. The SMILES string of the molecule is Cc1noc(C)c1CN1CCN(Cc2ccc(C(C)C)cc2)CC1. The Balaban J connectivity index is 1.50. The number of piperazine rings is 1. The van der Waals surface area contributed by atoms with Gasteiger partial charge in [0.2, 0.25) is 0 Å². The average molecular weight is 327 g/mol. The van der Waals surface area contributed by atoms with E-state index < -0.39 is 0 Å². The second-order valence-corrected chi connectivity index (χ2v) is 7.25. The zero-order valence-electron chi connectivity index (χ0n) is 15.4. The molecular formula is C20H29N3O. The normalized spacial score (nSPS) is 16.9. The number of benzene rings is 1. The zero-order valence-corrected chi connectivity index (χ0v) is 15.4. The predicted molar refractivity (Wildman–Crippen MR) is 97.1 cm³/mol. The largest absolute Gasteiger partial charge is 0.361 e. The van der Waals surface area contributed by atoms with Crippen molar-refractivity contribution in [2.24, 2.45) is 0 Å². The molecule has 130 valence electrons. The molecule has 2 heterocycles. The number of nitrogens with zero attached hydrogens (tertiary/aromatic N) is 3. The molecular weight excluding hydrogens is 298 g/mol. The van der Waals surface area contributed by atoms with Gasteiger partial charge < -0.3 is 4.52 Å².